The molecule has 12 heteroatoms. The maximum Gasteiger partial charge on any atom is 0.335 e. The Morgan fingerprint density at radius 3 is 2.47 bits per heavy atom. The molecule has 1 aliphatic rings. The number of nitro benzene ring substituents is 1. The van der Waals surface area contributed by atoms with Gasteiger partial charge in [-0.25, -0.2) is 9.69 Å². The molecule has 1 fully saturated rings. The smallest absolute Gasteiger partial charge is 0.335 e. The Morgan fingerprint density at radius 2 is 1.76 bits per heavy atom. The van der Waals surface area contributed by atoms with Crippen molar-refractivity contribution >= 4 is 67.2 Å². The molecular formula is C26H19Br2N3O7. The van der Waals surface area contributed by atoms with Gasteiger partial charge in [0.15, 0.2) is 11.5 Å². The second-order valence-corrected chi connectivity index (χ2v) is 9.59. The number of amides is 4. The van der Waals surface area contributed by atoms with Crippen molar-refractivity contribution in [1.29, 1.82) is 0 Å². The third-order valence-corrected chi connectivity index (χ3v) is 6.74. The zero-order chi connectivity index (χ0) is 27.4. The number of nitrogens with one attached hydrogen (secondary N) is 1. The fraction of sp³-hybridized carbons (Fsp3) is 0.115. The number of nitrogens with zero attached hydrogens (tertiary/aromatic N) is 2. The van der Waals surface area contributed by atoms with E-state index in [1.807, 2.05) is 24.3 Å². The number of halogens is 2. The number of nitro groups is 1. The lowest BCUT2D eigenvalue weighted by molar-refractivity contribution is -0.384. The fourth-order valence-corrected chi connectivity index (χ4v) is 4.62. The van der Waals surface area contributed by atoms with Crippen LogP contribution in [0.25, 0.3) is 6.08 Å². The normalized spacial score (nSPS) is 14.4. The van der Waals surface area contributed by atoms with E-state index in [9.17, 15) is 24.5 Å². The van der Waals surface area contributed by atoms with E-state index in [2.05, 4.69) is 37.2 Å². The van der Waals surface area contributed by atoms with Crippen molar-refractivity contribution in [3.8, 4) is 11.5 Å². The van der Waals surface area contributed by atoms with Crippen LogP contribution in [0.2, 0.25) is 0 Å². The number of rotatable bonds is 8. The molecule has 1 N–H and O–H groups in total. The second kappa shape index (κ2) is 11.6. The van der Waals surface area contributed by atoms with Crippen molar-refractivity contribution in [2.45, 2.75) is 13.5 Å². The van der Waals surface area contributed by atoms with Gasteiger partial charge in [-0.3, -0.25) is 25.0 Å². The summed E-state index contributed by atoms with van der Waals surface area (Å²) in [6.45, 7) is 2.38. The van der Waals surface area contributed by atoms with Crippen LogP contribution in [-0.4, -0.2) is 29.4 Å². The van der Waals surface area contributed by atoms with Crippen molar-refractivity contribution < 1.29 is 28.8 Å². The second-order valence-electron chi connectivity index (χ2n) is 7.88. The number of anilines is 1. The molecule has 1 heterocycles. The topological polar surface area (TPSA) is 128 Å². The van der Waals surface area contributed by atoms with E-state index < -0.39 is 22.8 Å². The van der Waals surface area contributed by atoms with Crippen LogP contribution in [0, 0.1) is 10.1 Å². The molecule has 4 rings (SSSR count). The van der Waals surface area contributed by atoms with Crippen molar-refractivity contribution in [2.24, 2.45) is 0 Å². The Labute approximate surface area is 233 Å². The monoisotopic (exact) mass is 643 g/mol. The summed E-state index contributed by atoms with van der Waals surface area (Å²) in [7, 11) is 0. The molecule has 1 aliphatic heterocycles. The van der Waals surface area contributed by atoms with E-state index >= 15 is 0 Å². The first-order valence-corrected chi connectivity index (χ1v) is 12.8. The molecule has 0 unspecified atom stereocenters. The summed E-state index contributed by atoms with van der Waals surface area (Å²) in [6.07, 6.45) is 1.30. The molecule has 10 nitrogen and oxygen atoms in total. The SMILES string of the molecule is CCOc1cc(/C=C2\C(=O)NC(=O)N(c3cccc([N+](=O)[O-])c3)C2=O)cc(Br)c1OCc1ccccc1Br. The Morgan fingerprint density at radius 1 is 1.00 bits per heavy atom. The Hall–Kier alpha value is -4.03. The highest BCUT2D eigenvalue weighted by molar-refractivity contribution is 9.10. The maximum absolute atomic E-state index is 13.2. The predicted molar refractivity (Wildman–Crippen MR) is 146 cm³/mol. The number of carbonyl (C=O) groups excluding carboxylic acids is 3. The van der Waals surface area contributed by atoms with Crippen molar-refractivity contribution in [1.82, 2.24) is 5.32 Å². The number of carbonyl (C=O) groups is 3. The van der Waals surface area contributed by atoms with Crippen LogP contribution < -0.4 is 19.7 Å². The van der Waals surface area contributed by atoms with E-state index in [-0.39, 0.29) is 23.6 Å². The summed E-state index contributed by atoms with van der Waals surface area (Å²) in [5.74, 6) is -1.03. The molecule has 0 saturated carbocycles. The molecule has 0 bridgehead atoms. The predicted octanol–water partition coefficient (Wildman–Crippen LogP) is 5.76. The third-order valence-electron chi connectivity index (χ3n) is 5.37. The summed E-state index contributed by atoms with van der Waals surface area (Å²) in [5.41, 5.74) is 0.636. The molecule has 194 valence electrons. The first-order valence-electron chi connectivity index (χ1n) is 11.2. The van der Waals surface area contributed by atoms with Gasteiger partial charge in [0.2, 0.25) is 0 Å². The number of hydrogen-bond donors (Lipinski definition) is 1. The average Bonchev–Trinajstić information content (AvgIpc) is 2.87. The number of urea groups is 1. The highest BCUT2D eigenvalue weighted by Crippen LogP contribution is 2.38. The molecule has 0 atom stereocenters. The molecule has 38 heavy (non-hydrogen) atoms. The van der Waals surface area contributed by atoms with Gasteiger partial charge in [0, 0.05) is 22.2 Å². The van der Waals surface area contributed by atoms with Gasteiger partial charge in [0.25, 0.3) is 17.5 Å². The molecule has 0 aromatic heterocycles. The van der Waals surface area contributed by atoms with Crippen LogP contribution in [0.4, 0.5) is 16.2 Å². The van der Waals surface area contributed by atoms with Gasteiger partial charge >= 0.3 is 6.03 Å². The lowest BCUT2D eigenvalue weighted by Gasteiger charge is -2.26. The Balaban J connectivity index is 1.68. The van der Waals surface area contributed by atoms with Crippen LogP contribution >= 0.6 is 31.9 Å². The molecule has 3 aromatic rings. The first-order chi connectivity index (χ1) is 18.2. The van der Waals surface area contributed by atoms with E-state index in [1.165, 1.54) is 24.3 Å². The number of hydrogen-bond acceptors (Lipinski definition) is 7. The molecule has 0 radical (unpaired) electrons. The maximum atomic E-state index is 13.2. The average molecular weight is 645 g/mol. The van der Waals surface area contributed by atoms with Crippen LogP contribution in [0.15, 0.2) is 75.2 Å². The van der Waals surface area contributed by atoms with Crippen LogP contribution in [0.1, 0.15) is 18.1 Å². The molecule has 3 aromatic carbocycles. The number of imide groups is 2. The van der Waals surface area contributed by atoms with Crippen LogP contribution in [0.5, 0.6) is 11.5 Å². The largest absolute Gasteiger partial charge is 0.490 e. The highest BCUT2D eigenvalue weighted by Gasteiger charge is 2.37. The molecule has 0 aliphatic carbocycles. The summed E-state index contributed by atoms with van der Waals surface area (Å²) >= 11 is 6.97. The van der Waals surface area contributed by atoms with Crippen LogP contribution in [-0.2, 0) is 16.2 Å². The quantitative estimate of drug-likeness (QED) is 0.143. The molecule has 0 spiro atoms. The summed E-state index contributed by atoms with van der Waals surface area (Å²) in [6, 6.07) is 14.8. The minimum Gasteiger partial charge on any atom is -0.490 e. The zero-order valence-electron chi connectivity index (χ0n) is 19.8. The van der Waals surface area contributed by atoms with E-state index in [1.54, 1.807) is 19.1 Å². The summed E-state index contributed by atoms with van der Waals surface area (Å²) < 4.78 is 13.2. The zero-order valence-corrected chi connectivity index (χ0v) is 22.9. The number of ether oxygens (including phenoxy) is 2. The van der Waals surface area contributed by atoms with E-state index in [0.717, 1.165) is 16.1 Å². The van der Waals surface area contributed by atoms with Gasteiger partial charge in [-0.15, -0.1) is 0 Å². The molecular weight excluding hydrogens is 626 g/mol. The van der Waals surface area contributed by atoms with Crippen LogP contribution in [0.3, 0.4) is 0 Å². The fourth-order valence-electron chi connectivity index (χ4n) is 3.64. The van der Waals surface area contributed by atoms with Gasteiger partial charge in [0.05, 0.1) is 21.7 Å². The minimum atomic E-state index is -1.01. The van der Waals surface area contributed by atoms with Gasteiger partial charge in [-0.1, -0.05) is 40.2 Å². The lowest BCUT2D eigenvalue weighted by atomic mass is 10.1. The summed E-state index contributed by atoms with van der Waals surface area (Å²) in [5, 5.41) is 13.3. The Bertz CT molecular complexity index is 1490. The van der Waals surface area contributed by atoms with Crippen molar-refractivity contribution in [3.05, 3.63) is 96.4 Å². The van der Waals surface area contributed by atoms with Gasteiger partial charge < -0.3 is 9.47 Å². The van der Waals surface area contributed by atoms with Gasteiger partial charge in [-0.05, 0) is 58.8 Å². The lowest BCUT2D eigenvalue weighted by Crippen LogP contribution is -2.54. The first kappa shape index (κ1) is 27.0. The van der Waals surface area contributed by atoms with Gasteiger partial charge in [-0.2, -0.15) is 0 Å². The van der Waals surface area contributed by atoms with Crippen molar-refractivity contribution in [2.75, 3.05) is 11.5 Å². The van der Waals surface area contributed by atoms with Crippen molar-refractivity contribution in [3.63, 3.8) is 0 Å². The number of barbiturate groups is 1. The third kappa shape index (κ3) is 5.76. The minimum absolute atomic E-state index is 0.0490. The Kier molecular flexibility index (Phi) is 8.23. The number of non-ortho nitro benzene ring substituents is 1. The van der Waals surface area contributed by atoms with Gasteiger partial charge in [0.1, 0.15) is 12.2 Å². The van der Waals surface area contributed by atoms with E-state index in [4.69, 9.17) is 9.47 Å². The standard InChI is InChI=1S/C26H19Br2N3O7/c1-2-37-22-12-15(11-21(28)23(22)38-14-16-6-3-4-9-20(16)27)10-19-24(32)29-26(34)30(25(19)33)17-7-5-8-18(13-17)31(35)36/h3-13H,2,14H2,1H3,(H,29,32,34)/b19-10+. The molecule has 4 amide bonds. The van der Waals surface area contributed by atoms with E-state index in [0.29, 0.717) is 33.0 Å². The highest BCUT2D eigenvalue weighted by atomic mass is 79.9. The number of benzene rings is 3. The summed E-state index contributed by atoms with van der Waals surface area (Å²) in [4.78, 5) is 49.5. The molecule has 1 saturated heterocycles.